The molecule has 2 aliphatic heterocycles. The van der Waals surface area contributed by atoms with E-state index in [-0.39, 0.29) is 17.4 Å². The number of hydrogen-bond acceptors (Lipinski definition) is 5. The molecular weight excluding hydrogens is 358 g/mol. The van der Waals surface area contributed by atoms with E-state index in [0.29, 0.717) is 11.3 Å². The van der Waals surface area contributed by atoms with E-state index in [1.54, 1.807) is 12.1 Å². The molecule has 0 atom stereocenters. The molecule has 0 aromatic heterocycles. The minimum Gasteiger partial charge on any atom is -0.395 e. The number of carbonyl (C=O) groups excluding carboxylic acids is 1. The summed E-state index contributed by atoms with van der Waals surface area (Å²) < 4.78 is 40.2. The van der Waals surface area contributed by atoms with Gasteiger partial charge in [0.25, 0.3) is 5.91 Å². The zero-order valence-electron chi connectivity index (χ0n) is 14.4. The van der Waals surface area contributed by atoms with Crippen LogP contribution in [0.1, 0.15) is 15.9 Å². The largest absolute Gasteiger partial charge is 0.586 e. The predicted molar refractivity (Wildman–Crippen MR) is 93.1 cm³/mol. The van der Waals surface area contributed by atoms with Gasteiger partial charge in [-0.05, 0) is 29.8 Å². The Labute approximate surface area is 154 Å². The number of ether oxygens (including phenoxy) is 3. The summed E-state index contributed by atoms with van der Waals surface area (Å²) >= 11 is 0. The van der Waals surface area contributed by atoms with Gasteiger partial charge >= 0.3 is 6.29 Å². The molecule has 27 heavy (non-hydrogen) atoms. The van der Waals surface area contributed by atoms with E-state index in [2.05, 4.69) is 19.7 Å². The fourth-order valence-electron chi connectivity index (χ4n) is 3.01. The molecule has 1 amide bonds. The minimum absolute atomic E-state index is 0.0644. The Balaban J connectivity index is 1.38. The van der Waals surface area contributed by atoms with Gasteiger partial charge in [0.2, 0.25) is 0 Å². The van der Waals surface area contributed by atoms with Gasteiger partial charge in [-0.1, -0.05) is 12.1 Å². The van der Waals surface area contributed by atoms with Crippen molar-refractivity contribution in [1.82, 2.24) is 4.90 Å². The molecule has 2 aromatic rings. The first-order valence-electron chi connectivity index (χ1n) is 8.59. The van der Waals surface area contributed by atoms with Crippen LogP contribution >= 0.6 is 0 Å². The summed E-state index contributed by atoms with van der Waals surface area (Å²) in [4.78, 5) is 14.7. The lowest BCUT2D eigenvalue weighted by molar-refractivity contribution is -0.286. The summed E-state index contributed by atoms with van der Waals surface area (Å²) in [5, 5.41) is 2.67. The molecule has 0 spiro atoms. The van der Waals surface area contributed by atoms with Gasteiger partial charge in [0.05, 0.1) is 13.2 Å². The van der Waals surface area contributed by atoms with Crippen LogP contribution in [0.2, 0.25) is 0 Å². The minimum atomic E-state index is -3.68. The number of nitrogens with zero attached hydrogens (tertiary/aromatic N) is 1. The van der Waals surface area contributed by atoms with Crippen molar-refractivity contribution < 1.29 is 27.8 Å². The fraction of sp³-hybridized carbons (Fsp3) is 0.316. The molecule has 4 rings (SSSR count). The number of rotatable bonds is 4. The van der Waals surface area contributed by atoms with Gasteiger partial charge in [-0.3, -0.25) is 9.69 Å². The highest BCUT2D eigenvalue weighted by Crippen LogP contribution is 2.42. The molecule has 2 aliphatic rings. The Kier molecular flexibility index (Phi) is 4.67. The molecule has 0 saturated carbocycles. The highest BCUT2D eigenvalue weighted by molar-refractivity contribution is 6.04. The van der Waals surface area contributed by atoms with Crippen LogP contribution in [0.5, 0.6) is 11.5 Å². The average Bonchev–Trinajstić information content (AvgIpc) is 2.96. The third-order valence-electron chi connectivity index (χ3n) is 4.39. The van der Waals surface area contributed by atoms with Crippen LogP contribution in [0, 0.1) is 0 Å². The van der Waals surface area contributed by atoms with Crippen LogP contribution < -0.4 is 14.8 Å². The Morgan fingerprint density at radius 3 is 2.48 bits per heavy atom. The quantitative estimate of drug-likeness (QED) is 0.889. The van der Waals surface area contributed by atoms with Crippen LogP contribution in [-0.2, 0) is 11.3 Å². The first-order chi connectivity index (χ1) is 13.0. The van der Waals surface area contributed by atoms with Crippen LogP contribution in [0.3, 0.4) is 0 Å². The van der Waals surface area contributed by atoms with Gasteiger partial charge in [0, 0.05) is 37.0 Å². The highest BCUT2D eigenvalue weighted by Gasteiger charge is 2.43. The number of anilines is 1. The van der Waals surface area contributed by atoms with Crippen molar-refractivity contribution in [1.29, 1.82) is 0 Å². The Bertz CT molecular complexity index is 836. The van der Waals surface area contributed by atoms with Crippen LogP contribution in [0.25, 0.3) is 0 Å². The van der Waals surface area contributed by atoms with Gasteiger partial charge < -0.3 is 19.5 Å². The molecule has 0 aliphatic carbocycles. The summed E-state index contributed by atoms with van der Waals surface area (Å²) in [6.07, 6.45) is -3.68. The topological polar surface area (TPSA) is 60.0 Å². The third-order valence-corrected chi connectivity index (χ3v) is 4.39. The first kappa shape index (κ1) is 17.7. The lowest BCUT2D eigenvalue weighted by atomic mass is 10.1. The maximum absolute atomic E-state index is 13.1. The molecular formula is C19H18F2N2O4. The number of carbonyl (C=O) groups is 1. The molecule has 8 heteroatoms. The second-order valence-electron chi connectivity index (χ2n) is 6.37. The molecule has 0 unspecified atom stereocenters. The van der Waals surface area contributed by atoms with E-state index in [4.69, 9.17) is 4.74 Å². The molecule has 0 bridgehead atoms. The van der Waals surface area contributed by atoms with Crippen molar-refractivity contribution in [3.8, 4) is 11.5 Å². The zero-order valence-corrected chi connectivity index (χ0v) is 14.4. The van der Waals surface area contributed by atoms with Gasteiger partial charge in [-0.25, -0.2) is 0 Å². The van der Waals surface area contributed by atoms with Crippen molar-refractivity contribution in [2.45, 2.75) is 12.8 Å². The predicted octanol–water partition coefficient (Wildman–Crippen LogP) is 3.09. The van der Waals surface area contributed by atoms with E-state index in [1.807, 2.05) is 12.1 Å². The molecule has 1 N–H and O–H groups in total. The Morgan fingerprint density at radius 2 is 1.74 bits per heavy atom. The Hall–Kier alpha value is -2.71. The smallest absolute Gasteiger partial charge is 0.395 e. The van der Waals surface area contributed by atoms with E-state index in [9.17, 15) is 13.6 Å². The number of morpholine rings is 1. The number of hydrogen-bond donors (Lipinski definition) is 1. The number of benzene rings is 2. The van der Waals surface area contributed by atoms with Gasteiger partial charge in [0.15, 0.2) is 11.5 Å². The van der Waals surface area contributed by atoms with E-state index >= 15 is 0 Å². The van der Waals surface area contributed by atoms with Gasteiger partial charge in [0.1, 0.15) is 0 Å². The average molecular weight is 376 g/mol. The van der Waals surface area contributed by atoms with Crippen molar-refractivity contribution in [3.05, 3.63) is 53.6 Å². The summed E-state index contributed by atoms with van der Waals surface area (Å²) in [6, 6.07) is 11.4. The zero-order chi connectivity index (χ0) is 18.9. The highest BCUT2D eigenvalue weighted by atomic mass is 19.3. The normalized spacial score (nSPS) is 18.3. The second kappa shape index (κ2) is 7.13. The van der Waals surface area contributed by atoms with E-state index in [0.717, 1.165) is 38.4 Å². The molecule has 1 fully saturated rings. The summed E-state index contributed by atoms with van der Waals surface area (Å²) in [5.74, 6) is -0.511. The maximum Gasteiger partial charge on any atom is 0.586 e. The Morgan fingerprint density at radius 1 is 1.04 bits per heavy atom. The van der Waals surface area contributed by atoms with Gasteiger partial charge in [-0.15, -0.1) is 8.78 Å². The van der Waals surface area contributed by atoms with E-state index < -0.39 is 6.29 Å². The van der Waals surface area contributed by atoms with Crippen LogP contribution in [-0.4, -0.2) is 43.4 Å². The molecule has 0 radical (unpaired) electrons. The first-order valence-corrected chi connectivity index (χ1v) is 8.59. The number of halogens is 2. The number of alkyl halides is 2. The fourth-order valence-corrected chi connectivity index (χ4v) is 3.01. The summed E-state index contributed by atoms with van der Waals surface area (Å²) in [7, 11) is 0. The monoisotopic (exact) mass is 376 g/mol. The SMILES string of the molecule is O=C(Nc1ccc2c(c1)OC(F)(F)O2)c1ccc(CN2CCOCC2)cc1. The molecule has 2 aromatic carbocycles. The standard InChI is InChI=1S/C19H18F2N2O4/c20-19(21)26-16-6-5-15(11-17(16)27-19)22-18(24)14-3-1-13(2-4-14)12-23-7-9-25-10-8-23/h1-6,11H,7-10,12H2,(H,22,24). The number of amides is 1. The lowest BCUT2D eigenvalue weighted by Gasteiger charge is -2.26. The molecule has 1 saturated heterocycles. The van der Waals surface area contributed by atoms with Crippen molar-refractivity contribution in [3.63, 3.8) is 0 Å². The molecule has 2 heterocycles. The summed E-state index contributed by atoms with van der Waals surface area (Å²) in [5.41, 5.74) is 1.93. The van der Waals surface area contributed by atoms with Crippen LogP contribution in [0.15, 0.2) is 42.5 Å². The van der Waals surface area contributed by atoms with Crippen LogP contribution in [0.4, 0.5) is 14.5 Å². The third kappa shape index (κ3) is 4.17. The maximum atomic E-state index is 13.1. The number of nitrogens with one attached hydrogen (secondary N) is 1. The molecule has 6 nitrogen and oxygen atoms in total. The number of fused-ring (bicyclic) bond motifs is 1. The van der Waals surface area contributed by atoms with Crippen molar-refractivity contribution in [2.24, 2.45) is 0 Å². The second-order valence-corrected chi connectivity index (χ2v) is 6.37. The van der Waals surface area contributed by atoms with Gasteiger partial charge in [-0.2, -0.15) is 0 Å². The van der Waals surface area contributed by atoms with Crippen molar-refractivity contribution >= 4 is 11.6 Å². The molecule has 142 valence electrons. The summed E-state index contributed by atoms with van der Waals surface area (Å²) in [6.45, 7) is 4.07. The lowest BCUT2D eigenvalue weighted by Crippen LogP contribution is -2.35. The van der Waals surface area contributed by atoms with E-state index in [1.165, 1.54) is 18.2 Å². The van der Waals surface area contributed by atoms with Crippen molar-refractivity contribution in [2.75, 3.05) is 31.6 Å².